The Morgan fingerprint density at radius 3 is 1.57 bits per heavy atom. The Bertz CT molecular complexity index is 698. The molecule has 0 radical (unpaired) electrons. The maximum absolute atomic E-state index is 12.8. The second-order valence-electron chi connectivity index (χ2n) is 7.89. The quantitative estimate of drug-likeness (QED) is 0.210. The summed E-state index contributed by atoms with van der Waals surface area (Å²) in [6.45, 7) is 5.97. The molecular formula is C24H36O6. The number of hydrogen-bond acceptors (Lipinski definition) is 6. The zero-order valence-corrected chi connectivity index (χ0v) is 18.9. The van der Waals surface area contributed by atoms with Gasteiger partial charge in [0.25, 0.3) is 0 Å². The van der Waals surface area contributed by atoms with Crippen molar-refractivity contribution in [1.82, 2.24) is 0 Å². The van der Waals surface area contributed by atoms with E-state index in [1.807, 2.05) is 0 Å². The molecule has 0 amide bonds. The molecule has 0 aromatic carbocycles. The molecular weight excluding hydrogens is 384 g/mol. The number of carbonyl (C=O) groups is 4. The van der Waals surface area contributed by atoms with Crippen LogP contribution in [0.1, 0.15) is 105 Å². The highest BCUT2D eigenvalue weighted by atomic mass is 16.5. The second kappa shape index (κ2) is 13.9. The zero-order chi connectivity index (χ0) is 22.5. The lowest BCUT2D eigenvalue weighted by Gasteiger charge is -2.20. The van der Waals surface area contributed by atoms with Crippen molar-refractivity contribution in [3.05, 3.63) is 22.7 Å². The fourth-order valence-corrected chi connectivity index (χ4v) is 3.53. The van der Waals surface area contributed by atoms with Crippen molar-refractivity contribution in [2.24, 2.45) is 0 Å². The molecule has 1 aliphatic carbocycles. The fraction of sp³-hybridized carbons (Fsp3) is 0.667. The Morgan fingerprint density at radius 2 is 1.10 bits per heavy atom. The van der Waals surface area contributed by atoms with E-state index >= 15 is 0 Å². The Labute approximate surface area is 180 Å². The Morgan fingerprint density at radius 1 is 0.667 bits per heavy atom. The van der Waals surface area contributed by atoms with Crippen LogP contribution in [0.2, 0.25) is 0 Å². The van der Waals surface area contributed by atoms with Crippen LogP contribution in [0.4, 0.5) is 0 Å². The first kappa shape index (κ1) is 25.8. The number of carbonyl (C=O) groups excluding carboxylic acids is 4. The monoisotopic (exact) mass is 420 g/mol. The molecule has 6 heteroatoms. The first-order valence-corrected chi connectivity index (χ1v) is 11.2. The van der Waals surface area contributed by atoms with Crippen molar-refractivity contribution in [2.75, 3.05) is 0 Å². The van der Waals surface area contributed by atoms with E-state index in [0.717, 1.165) is 19.3 Å². The molecule has 30 heavy (non-hydrogen) atoms. The summed E-state index contributed by atoms with van der Waals surface area (Å²) in [4.78, 5) is 48.1. The van der Waals surface area contributed by atoms with Gasteiger partial charge in [0.15, 0.2) is 11.5 Å². The van der Waals surface area contributed by atoms with Crippen molar-refractivity contribution in [3.63, 3.8) is 0 Å². The molecule has 0 spiro atoms. The molecule has 0 N–H and O–H groups in total. The van der Waals surface area contributed by atoms with Crippen LogP contribution in [-0.4, -0.2) is 23.5 Å². The number of unbranched alkanes of at least 4 members (excludes halogenated alkanes) is 10. The molecule has 168 valence electrons. The molecule has 0 heterocycles. The minimum absolute atomic E-state index is 0.0193. The van der Waals surface area contributed by atoms with E-state index in [2.05, 4.69) is 6.92 Å². The Hall–Kier alpha value is -2.24. The third-order valence-corrected chi connectivity index (χ3v) is 5.16. The van der Waals surface area contributed by atoms with Gasteiger partial charge in [-0.3, -0.25) is 19.2 Å². The molecule has 0 bridgehead atoms. The minimum atomic E-state index is -0.671. The second-order valence-corrected chi connectivity index (χ2v) is 7.89. The number of ketones is 2. The predicted molar refractivity (Wildman–Crippen MR) is 114 cm³/mol. The van der Waals surface area contributed by atoms with Gasteiger partial charge < -0.3 is 9.47 Å². The van der Waals surface area contributed by atoms with Gasteiger partial charge in [0.2, 0.25) is 11.6 Å². The summed E-state index contributed by atoms with van der Waals surface area (Å²) < 4.78 is 10.0. The molecule has 0 saturated carbocycles. The molecule has 0 aromatic rings. The summed E-state index contributed by atoms with van der Waals surface area (Å²) in [5, 5.41) is 0. The standard InChI is InChI=1S/C24H36O6/c1-5-6-7-8-9-10-11-12-13-14-15-16-20-22(28)23(29-18(3)25)17(2)21(27)24(20)30-19(4)26/h5-16H2,1-4H3. The van der Waals surface area contributed by atoms with Crippen LogP contribution in [0.5, 0.6) is 0 Å². The predicted octanol–water partition coefficient (Wildman–Crippen LogP) is 5.49. The van der Waals surface area contributed by atoms with E-state index in [1.165, 1.54) is 65.7 Å². The maximum atomic E-state index is 12.8. The van der Waals surface area contributed by atoms with Crippen LogP contribution in [0.25, 0.3) is 0 Å². The topological polar surface area (TPSA) is 86.7 Å². The van der Waals surface area contributed by atoms with Gasteiger partial charge >= 0.3 is 11.9 Å². The van der Waals surface area contributed by atoms with Crippen molar-refractivity contribution < 1.29 is 28.7 Å². The van der Waals surface area contributed by atoms with Gasteiger partial charge in [-0.1, -0.05) is 71.1 Å². The summed E-state index contributed by atoms with van der Waals surface area (Å²) in [7, 11) is 0. The largest absolute Gasteiger partial charge is 0.422 e. The van der Waals surface area contributed by atoms with E-state index in [4.69, 9.17) is 9.47 Å². The zero-order valence-electron chi connectivity index (χ0n) is 18.9. The van der Waals surface area contributed by atoms with Crippen LogP contribution in [0, 0.1) is 0 Å². The van der Waals surface area contributed by atoms with Gasteiger partial charge in [0.1, 0.15) is 0 Å². The number of esters is 2. The van der Waals surface area contributed by atoms with E-state index < -0.39 is 23.5 Å². The molecule has 0 fully saturated rings. The molecule has 0 aromatic heterocycles. The summed E-state index contributed by atoms with van der Waals surface area (Å²) in [6.07, 6.45) is 13.1. The van der Waals surface area contributed by atoms with Crippen LogP contribution in [-0.2, 0) is 28.7 Å². The highest BCUT2D eigenvalue weighted by Gasteiger charge is 2.36. The van der Waals surface area contributed by atoms with Gasteiger partial charge in [-0.15, -0.1) is 0 Å². The smallest absolute Gasteiger partial charge is 0.308 e. The average Bonchev–Trinajstić information content (AvgIpc) is 2.69. The van der Waals surface area contributed by atoms with E-state index in [9.17, 15) is 19.2 Å². The lowest BCUT2D eigenvalue weighted by molar-refractivity contribution is -0.142. The molecule has 6 nitrogen and oxygen atoms in total. The van der Waals surface area contributed by atoms with Crippen molar-refractivity contribution in [1.29, 1.82) is 0 Å². The van der Waals surface area contributed by atoms with E-state index in [0.29, 0.717) is 12.8 Å². The van der Waals surface area contributed by atoms with Crippen LogP contribution in [0.15, 0.2) is 22.7 Å². The van der Waals surface area contributed by atoms with Crippen molar-refractivity contribution >= 4 is 23.5 Å². The molecule has 0 aliphatic heterocycles. The molecule has 1 aliphatic rings. The van der Waals surface area contributed by atoms with Crippen LogP contribution in [0.3, 0.4) is 0 Å². The summed E-state index contributed by atoms with van der Waals surface area (Å²) >= 11 is 0. The summed E-state index contributed by atoms with van der Waals surface area (Å²) in [5.74, 6) is -2.96. The number of rotatable bonds is 14. The van der Waals surface area contributed by atoms with Crippen molar-refractivity contribution in [3.8, 4) is 0 Å². The lowest BCUT2D eigenvalue weighted by Crippen LogP contribution is -2.27. The first-order valence-electron chi connectivity index (χ1n) is 11.2. The first-order chi connectivity index (χ1) is 14.3. The molecule has 1 rings (SSSR count). The molecule has 0 atom stereocenters. The summed E-state index contributed by atoms with van der Waals surface area (Å²) in [5.41, 5.74) is 0.0992. The molecule has 0 unspecified atom stereocenters. The normalized spacial score (nSPS) is 14.4. The number of allylic oxidation sites excluding steroid dienone is 2. The SMILES string of the molecule is CCCCCCCCCCCCCC1=C(OC(C)=O)C(=O)C(C)=C(OC(C)=O)C1=O. The fourth-order valence-electron chi connectivity index (χ4n) is 3.53. The third-order valence-electron chi connectivity index (χ3n) is 5.16. The van der Waals surface area contributed by atoms with E-state index in [-0.39, 0.29) is 22.7 Å². The summed E-state index contributed by atoms with van der Waals surface area (Å²) in [6, 6.07) is 0. The number of hydrogen-bond donors (Lipinski definition) is 0. The van der Waals surface area contributed by atoms with Gasteiger partial charge in [-0.2, -0.15) is 0 Å². The minimum Gasteiger partial charge on any atom is -0.422 e. The van der Waals surface area contributed by atoms with Gasteiger partial charge in [0.05, 0.1) is 5.57 Å². The van der Waals surface area contributed by atoms with Gasteiger partial charge in [-0.05, 0) is 19.8 Å². The highest BCUT2D eigenvalue weighted by Crippen LogP contribution is 2.30. The number of Topliss-reactive ketones (excluding diaryl/α,β-unsaturated/α-hetero) is 2. The lowest BCUT2D eigenvalue weighted by atomic mass is 9.90. The van der Waals surface area contributed by atoms with Crippen molar-refractivity contribution in [2.45, 2.75) is 105 Å². The molecule has 0 saturated heterocycles. The van der Waals surface area contributed by atoms with Gasteiger partial charge in [0, 0.05) is 19.4 Å². The van der Waals surface area contributed by atoms with Crippen LogP contribution < -0.4 is 0 Å². The van der Waals surface area contributed by atoms with Crippen LogP contribution >= 0.6 is 0 Å². The Balaban J connectivity index is 2.56. The Kier molecular flexibility index (Phi) is 11.9. The van der Waals surface area contributed by atoms with E-state index in [1.54, 1.807) is 0 Å². The number of ether oxygens (including phenoxy) is 2. The van der Waals surface area contributed by atoms with Gasteiger partial charge in [-0.25, -0.2) is 0 Å². The maximum Gasteiger partial charge on any atom is 0.308 e. The average molecular weight is 421 g/mol. The third kappa shape index (κ3) is 8.64. The highest BCUT2D eigenvalue weighted by molar-refractivity contribution is 6.24.